The third kappa shape index (κ3) is 4.38. The Morgan fingerprint density at radius 3 is 2.52 bits per heavy atom. The first-order valence-corrected chi connectivity index (χ1v) is 6.97. The predicted octanol–water partition coefficient (Wildman–Crippen LogP) is 4.28. The normalized spacial score (nSPS) is 11.2. The number of ether oxygens (including phenoxy) is 1. The number of alkyl carbamates (subject to hydrolysis) is 1. The van der Waals surface area contributed by atoms with Gasteiger partial charge in [0.15, 0.2) is 0 Å². The Hall–Kier alpha value is -2.23. The molecule has 1 aromatic heterocycles. The van der Waals surface area contributed by atoms with E-state index in [-0.39, 0.29) is 0 Å². The monoisotopic (exact) mass is 287 g/mol. The van der Waals surface area contributed by atoms with Gasteiger partial charge in [0.05, 0.1) is 0 Å². The Balaban J connectivity index is 2.09. The summed E-state index contributed by atoms with van der Waals surface area (Å²) in [5.41, 5.74) is 1.46. The lowest BCUT2D eigenvalue weighted by molar-refractivity contribution is 0.0523. The molecule has 0 saturated heterocycles. The number of hydrogen-bond acceptors (Lipinski definition) is 3. The molecule has 1 heterocycles. The highest BCUT2D eigenvalue weighted by molar-refractivity contribution is 5.69. The first-order chi connectivity index (χ1) is 9.85. The van der Waals surface area contributed by atoms with Gasteiger partial charge in [-0.2, -0.15) is 0 Å². The van der Waals surface area contributed by atoms with Crippen molar-refractivity contribution in [1.82, 2.24) is 5.32 Å². The third-order valence-corrected chi connectivity index (χ3v) is 2.85. The first-order valence-electron chi connectivity index (χ1n) is 6.97. The summed E-state index contributed by atoms with van der Waals surface area (Å²) in [7, 11) is 0. The summed E-state index contributed by atoms with van der Waals surface area (Å²) in [5.74, 6) is 1.66. The number of rotatable bonds is 3. The quantitative estimate of drug-likeness (QED) is 0.916. The molecule has 0 fully saturated rings. The number of amides is 1. The minimum atomic E-state index is -0.498. The van der Waals surface area contributed by atoms with Crippen molar-refractivity contribution in [2.24, 2.45) is 0 Å². The van der Waals surface area contributed by atoms with Gasteiger partial charge in [0.2, 0.25) is 0 Å². The second kappa shape index (κ2) is 6.04. The molecule has 1 aromatic carbocycles. The van der Waals surface area contributed by atoms with E-state index in [9.17, 15) is 4.79 Å². The van der Waals surface area contributed by atoms with E-state index in [4.69, 9.17) is 9.15 Å². The Morgan fingerprint density at radius 1 is 1.19 bits per heavy atom. The van der Waals surface area contributed by atoms with Crippen molar-refractivity contribution in [3.05, 3.63) is 47.7 Å². The molecule has 1 amide bonds. The molecule has 0 saturated carbocycles. The summed E-state index contributed by atoms with van der Waals surface area (Å²) in [6, 6.07) is 11.7. The topological polar surface area (TPSA) is 51.5 Å². The van der Waals surface area contributed by atoms with E-state index in [1.807, 2.05) is 64.1 Å². The number of hydrogen-bond donors (Lipinski definition) is 1. The molecular weight excluding hydrogens is 266 g/mol. The van der Waals surface area contributed by atoms with Gasteiger partial charge in [-0.15, -0.1) is 0 Å². The molecule has 2 aromatic rings. The molecule has 0 atom stereocenters. The van der Waals surface area contributed by atoms with Gasteiger partial charge in [-0.25, -0.2) is 4.79 Å². The van der Waals surface area contributed by atoms with Gasteiger partial charge in [-0.1, -0.05) is 24.3 Å². The standard InChI is InChI=1S/C17H21NO3/c1-12-9-10-15(20-12)14-8-6-5-7-13(14)11-18-16(19)21-17(2,3)4/h5-10H,11H2,1-4H3,(H,18,19). The lowest BCUT2D eigenvalue weighted by Crippen LogP contribution is -2.32. The molecule has 0 unspecified atom stereocenters. The number of carbonyl (C=O) groups excluding carboxylic acids is 1. The fourth-order valence-corrected chi connectivity index (χ4v) is 1.98. The van der Waals surface area contributed by atoms with Crippen LogP contribution in [0.3, 0.4) is 0 Å². The van der Waals surface area contributed by atoms with Crippen LogP contribution in [0.5, 0.6) is 0 Å². The zero-order valence-corrected chi connectivity index (χ0v) is 12.9. The highest BCUT2D eigenvalue weighted by Crippen LogP contribution is 2.25. The Labute approximate surface area is 125 Å². The molecule has 2 rings (SSSR count). The lowest BCUT2D eigenvalue weighted by Gasteiger charge is -2.20. The van der Waals surface area contributed by atoms with E-state index in [1.54, 1.807) is 0 Å². The lowest BCUT2D eigenvalue weighted by atomic mass is 10.1. The molecule has 0 spiro atoms. The summed E-state index contributed by atoms with van der Waals surface area (Å²) in [5, 5.41) is 2.77. The van der Waals surface area contributed by atoms with Crippen molar-refractivity contribution in [3.8, 4) is 11.3 Å². The van der Waals surface area contributed by atoms with Crippen LogP contribution in [-0.4, -0.2) is 11.7 Å². The van der Waals surface area contributed by atoms with Gasteiger partial charge < -0.3 is 14.5 Å². The minimum absolute atomic E-state index is 0.394. The third-order valence-electron chi connectivity index (χ3n) is 2.85. The summed E-state index contributed by atoms with van der Waals surface area (Å²) in [6.07, 6.45) is -0.423. The molecule has 0 aliphatic rings. The van der Waals surface area contributed by atoms with E-state index in [2.05, 4.69) is 5.32 Å². The van der Waals surface area contributed by atoms with Gasteiger partial charge in [-0.3, -0.25) is 0 Å². The van der Waals surface area contributed by atoms with E-state index in [0.29, 0.717) is 6.54 Å². The number of benzene rings is 1. The minimum Gasteiger partial charge on any atom is -0.461 e. The van der Waals surface area contributed by atoms with Crippen LogP contribution in [0.25, 0.3) is 11.3 Å². The average Bonchev–Trinajstić information content (AvgIpc) is 2.81. The average molecular weight is 287 g/mol. The molecule has 0 aliphatic carbocycles. The van der Waals surface area contributed by atoms with Crippen molar-refractivity contribution in [3.63, 3.8) is 0 Å². The van der Waals surface area contributed by atoms with Crippen LogP contribution in [0.4, 0.5) is 4.79 Å². The Morgan fingerprint density at radius 2 is 1.90 bits per heavy atom. The van der Waals surface area contributed by atoms with Gasteiger partial charge in [0.25, 0.3) is 0 Å². The number of nitrogens with one attached hydrogen (secondary N) is 1. The number of aryl methyl sites for hydroxylation is 1. The van der Waals surface area contributed by atoms with Gasteiger partial charge in [0.1, 0.15) is 17.1 Å². The van der Waals surface area contributed by atoms with Crippen LogP contribution in [0, 0.1) is 6.92 Å². The maximum absolute atomic E-state index is 11.7. The van der Waals surface area contributed by atoms with Crippen molar-refractivity contribution in [2.45, 2.75) is 39.8 Å². The Bertz CT molecular complexity index is 623. The van der Waals surface area contributed by atoms with E-state index >= 15 is 0 Å². The molecule has 112 valence electrons. The van der Waals surface area contributed by atoms with Crippen molar-refractivity contribution in [2.75, 3.05) is 0 Å². The Kier molecular flexibility index (Phi) is 4.36. The van der Waals surface area contributed by atoms with Crippen LogP contribution in [-0.2, 0) is 11.3 Å². The van der Waals surface area contributed by atoms with Crippen LogP contribution in [0.1, 0.15) is 32.1 Å². The van der Waals surface area contributed by atoms with Gasteiger partial charge >= 0.3 is 6.09 Å². The zero-order valence-electron chi connectivity index (χ0n) is 12.9. The maximum atomic E-state index is 11.7. The SMILES string of the molecule is Cc1ccc(-c2ccccc2CNC(=O)OC(C)(C)C)o1. The van der Waals surface area contributed by atoms with E-state index in [1.165, 1.54) is 0 Å². The second-order valence-electron chi connectivity index (χ2n) is 5.92. The van der Waals surface area contributed by atoms with Crippen molar-refractivity contribution >= 4 is 6.09 Å². The fraction of sp³-hybridized carbons (Fsp3) is 0.353. The van der Waals surface area contributed by atoms with Crippen molar-refractivity contribution in [1.29, 1.82) is 0 Å². The first kappa shape index (κ1) is 15.2. The zero-order chi connectivity index (χ0) is 15.5. The molecule has 0 aliphatic heterocycles. The molecule has 0 radical (unpaired) electrons. The fourth-order valence-electron chi connectivity index (χ4n) is 1.98. The largest absolute Gasteiger partial charge is 0.461 e. The van der Waals surface area contributed by atoms with E-state index in [0.717, 1.165) is 22.6 Å². The van der Waals surface area contributed by atoms with E-state index < -0.39 is 11.7 Å². The molecule has 0 bridgehead atoms. The summed E-state index contributed by atoms with van der Waals surface area (Å²) in [4.78, 5) is 11.7. The predicted molar refractivity (Wildman–Crippen MR) is 82.0 cm³/mol. The molecule has 21 heavy (non-hydrogen) atoms. The smallest absolute Gasteiger partial charge is 0.407 e. The highest BCUT2D eigenvalue weighted by Gasteiger charge is 2.16. The number of furan rings is 1. The van der Waals surface area contributed by atoms with Crippen LogP contribution in [0.15, 0.2) is 40.8 Å². The maximum Gasteiger partial charge on any atom is 0.407 e. The van der Waals surface area contributed by atoms with Gasteiger partial charge in [0, 0.05) is 12.1 Å². The van der Waals surface area contributed by atoms with Crippen LogP contribution >= 0.6 is 0 Å². The molecule has 1 N–H and O–H groups in total. The van der Waals surface area contributed by atoms with Crippen LogP contribution < -0.4 is 5.32 Å². The molecule has 4 heteroatoms. The summed E-state index contributed by atoms with van der Waals surface area (Å²) < 4.78 is 10.9. The highest BCUT2D eigenvalue weighted by atomic mass is 16.6. The van der Waals surface area contributed by atoms with Crippen molar-refractivity contribution < 1.29 is 13.9 Å². The second-order valence-corrected chi connectivity index (χ2v) is 5.92. The van der Waals surface area contributed by atoms with Gasteiger partial charge in [-0.05, 0) is 45.4 Å². The molecular formula is C17H21NO3. The summed E-state index contributed by atoms with van der Waals surface area (Å²) in [6.45, 7) is 7.82. The molecule has 4 nitrogen and oxygen atoms in total. The van der Waals surface area contributed by atoms with Crippen LogP contribution in [0.2, 0.25) is 0 Å². The summed E-state index contributed by atoms with van der Waals surface area (Å²) >= 11 is 0. The number of carbonyl (C=O) groups is 1.